The van der Waals surface area contributed by atoms with Crippen LogP contribution in [0.1, 0.15) is 19.4 Å². The van der Waals surface area contributed by atoms with Crippen LogP contribution in [0.2, 0.25) is 0 Å². The minimum atomic E-state index is -3.84. The van der Waals surface area contributed by atoms with E-state index >= 15 is 0 Å². The number of aliphatic hydroxyl groups is 2. The molecule has 7 N–H and O–H groups in total. The maximum absolute atomic E-state index is 11.7. The van der Waals surface area contributed by atoms with E-state index in [-0.39, 0.29) is 16.7 Å². The molecule has 2 rings (SSSR count). The Bertz CT molecular complexity index is 1140. The van der Waals surface area contributed by atoms with Crippen molar-refractivity contribution in [2.75, 3.05) is 26.9 Å². The Morgan fingerprint density at radius 1 is 0.974 bits per heavy atom. The smallest absolute Gasteiger partial charge is 0.335 e. The van der Waals surface area contributed by atoms with Crippen molar-refractivity contribution in [2.24, 2.45) is 5.14 Å². The van der Waals surface area contributed by atoms with Crippen molar-refractivity contribution in [3.63, 3.8) is 0 Å². The van der Waals surface area contributed by atoms with E-state index in [1.54, 1.807) is 12.1 Å². The van der Waals surface area contributed by atoms with Gasteiger partial charge in [0.05, 0.1) is 13.7 Å². The first-order valence-corrected chi connectivity index (χ1v) is 13.0. The van der Waals surface area contributed by atoms with E-state index in [2.05, 4.69) is 5.32 Å². The number of carboxylic acids is 2. The maximum atomic E-state index is 11.7. The molecule has 38 heavy (non-hydrogen) atoms. The average Bonchev–Trinajstić information content (AvgIpc) is 2.86. The van der Waals surface area contributed by atoms with Gasteiger partial charge in [-0.15, -0.1) is 0 Å². The number of methoxy groups -OCH3 is 1. The lowest BCUT2D eigenvalue weighted by Crippen LogP contribution is -2.39. The van der Waals surface area contributed by atoms with Gasteiger partial charge in [-0.1, -0.05) is 18.2 Å². The normalized spacial score (nSPS) is 13.3. The van der Waals surface area contributed by atoms with Gasteiger partial charge in [0, 0.05) is 12.6 Å². The molecule has 0 aromatic heterocycles. The number of carboxylic acid groups (broad SMARTS) is 2. The number of nitrogens with one attached hydrogen (secondary N) is 1. The maximum Gasteiger partial charge on any atom is 0.335 e. The zero-order chi connectivity index (χ0) is 28.9. The highest BCUT2D eigenvalue weighted by Crippen LogP contribution is 2.26. The van der Waals surface area contributed by atoms with Crippen LogP contribution in [0.15, 0.2) is 47.4 Å². The van der Waals surface area contributed by atoms with Crippen LogP contribution in [0.3, 0.4) is 0 Å². The third kappa shape index (κ3) is 10.9. The highest BCUT2D eigenvalue weighted by atomic mass is 32.2. The molecular weight excluding hydrogens is 524 g/mol. The molecule has 2 unspecified atom stereocenters. The Labute approximate surface area is 220 Å². The summed E-state index contributed by atoms with van der Waals surface area (Å²) in [7, 11) is -2.43. The van der Waals surface area contributed by atoms with Crippen LogP contribution in [0.25, 0.3) is 0 Å². The van der Waals surface area contributed by atoms with Crippen LogP contribution in [-0.2, 0) is 26.0 Å². The second-order valence-electron chi connectivity index (χ2n) is 7.88. The lowest BCUT2D eigenvalue weighted by Gasteiger charge is -2.16. The molecule has 0 bridgehead atoms. The molecule has 0 amide bonds. The van der Waals surface area contributed by atoms with Gasteiger partial charge in [0.2, 0.25) is 10.0 Å². The predicted octanol–water partition coefficient (Wildman–Crippen LogP) is 0.218. The average molecular weight is 559 g/mol. The molecule has 3 atom stereocenters. The second kappa shape index (κ2) is 15.7. The minimum absolute atomic E-state index is 0.00411. The Hall–Kier alpha value is -3.43. The Morgan fingerprint density at radius 2 is 1.53 bits per heavy atom. The fraction of sp³-hybridized carbons (Fsp3) is 0.417. The number of hydrogen-bond acceptors (Lipinski definition) is 10. The lowest BCUT2D eigenvalue weighted by molar-refractivity contribution is -0.165. The van der Waals surface area contributed by atoms with Gasteiger partial charge >= 0.3 is 11.9 Å². The van der Waals surface area contributed by atoms with Crippen molar-refractivity contribution in [3.8, 4) is 17.2 Å². The van der Waals surface area contributed by atoms with E-state index in [0.717, 1.165) is 11.3 Å². The molecule has 14 heteroatoms. The summed E-state index contributed by atoms with van der Waals surface area (Å²) in [6.07, 6.45) is -3.89. The summed E-state index contributed by atoms with van der Waals surface area (Å²) in [6.45, 7) is 5.66. The van der Waals surface area contributed by atoms with Crippen LogP contribution < -0.4 is 24.7 Å². The highest BCUT2D eigenvalue weighted by molar-refractivity contribution is 7.89. The molecule has 0 aliphatic rings. The third-order valence-electron chi connectivity index (χ3n) is 4.88. The van der Waals surface area contributed by atoms with Crippen molar-refractivity contribution >= 4 is 22.0 Å². The zero-order valence-electron chi connectivity index (χ0n) is 21.2. The highest BCUT2D eigenvalue weighted by Gasteiger charge is 2.29. The van der Waals surface area contributed by atoms with Crippen LogP contribution in [0.4, 0.5) is 0 Å². The number of primary sulfonamides is 1. The summed E-state index contributed by atoms with van der Waals surface area (Å²) in [5.74, 6) is -1.85. The van der Waals surface area contributed by atoms with Gasteiger partial charge in [-0.05, 0) is 50.1 Å². The number of hydrogen-bond donors (Lipinski definition) is 6. The van der Waals surface area contributed by atoms with Gasteiger partial charge in [0.1, 0.15) is 17.3 Å². The third-order valence-corrected chi connectivity index (χ3v) is 5.82. The number of benzene rings is 2. The lowest BCUT2D eigenvalue weighted by atomic mass is 10.1. The number of aliphatic carboxylic acids is 2. The van der Waals surface area contributed by atoms with E-state index < -0.39 is 34.2 Å². The van der Waals surface area contributed by atoms with Gasteiger partial charge in [-0.25, -0.2) is 23.1 Å². The minimum Gasteiger partial charge on any atom is -0.495 e. The number of aliphatic hydroxyl groups excluding tert-OH is 2. The first kappa shape index (κ1) is 32.6. The molecule has 212 valence electrons. The Kier molecular flexibility index (Phi) is 13.5. The molecule has 0 fully saturated rings. The van der Waals surface area contributed by atoms with E-state index in [1.165, 1.54) is 7.11 Å². The van der Waals surface area contributed by atoms with Crippen molar-refractivity contribution in [1.82, 2.24) is 5.32 Å². The summed E-state index contributed by atoms with van der Waals surface area (Å²) in [5.41, 5.74) is 0.854. The number of nitrogens with two attached hydrogens (primary N) is 1. The number of para-hydroxylation sites is 2. The number of rotatable bonds is 14. The summed E-state index contributed by atoms with van der Waals surface area (Å²) in [4.78, 5) is 19.5. The molecule has 0 radical (unpaired) electrons. The zero-order valence-corrected chi connectivity index (χ0v) is 22.1. The summed E-state index contributed by atoms with van der Waals surface area (Å²) < 4.78 is 39.9. The van der Waals surface area contributed by atoms with Crippen LogP contribution >= 0.6 is 0 Å². The molecule has 2 aromatic rings. The van der Waals surface area contributed by atoms with Crippen molar-refractivity contribution in [2.45, 2.75) is 43.4 Å². The van der Waals surface area contributed by atoms with Gasteiger partial charge in [-0.3, -0.25) is 0 Å². The van der Waals surface area contributed by atoms with Gasteiger partial charge < -0.3 is 40.0 Å². The SMILES string of the molecule is CCOc1ccccc1OCCN[C@H](C)Cc1ccc(OC)c(S(N)(=O)=O)c1.O=C(O)C(O)C(O)C(=O)O. The van der Waals surface area contributed by atoms with Crippen LogP contribution in [0.5, 0.6) is 17.2 Å². The van der Waals surface area contributed by atoms with E-state index in [1.807, 2.05) is 44.2 Å². The fourth-order valence-corrected chi connectivity index (χ4v) is 3.82. The first-order chi connectivity index (χ1) is 17.8. The van der Waals surface area contributed by atoms with E-state index in [0.29, 0.717) is 31.9 Å². The summed E-state index contributed by atoms with van der Waals surface area (Å²) in [6, 6.07) is 12.7. The summed E-state index contributed by atoms with van der Waals surface area (Å²) >= 11 is 0. The second-order valence-corrected chi connectivity index (χ2v) is 9.41. The number of carbonyl (C=O) groups is 2. The van der Waals surface area contributed by atoms with Crippen LogP contribution in [0, 0.1) is 0 Å². The molecule has 0 saturated heterocycles. The van der Waals surface area contributed by atoms with Crippen LogP contribution in [-0.4, -0.2) is 85.9 Å². The monoisotopic (exact) mass is 558 g/mol. The molecule has 0 spiro atoms. The van der Waals surface area contributed by atoms with Crippen molar-refractivity contribution in [3.05, 3.63) is 48.0 Å². The topological polar surface area (TPSA) is 215 Å². The molecule has 0 aliphatic heterocycles. The number of sulfonamides is 1. The van der Waals surface area contributed by atoms with Crippen molar-refractivity contribution in [1.29, 1.82) is 0 Å². The van der Waals surface area contributed by atoms with Gasteiger partial charge in [-0.2, -0.15) is 0 Å². The number of ether oxygens (including phenoxy) is 3. The molecular formula is C24H34N2O11S. The van der Waals surface area contributed by atoms with E-state index in [4.69, 9.17) is 39.8 Å². The van der Waals surface area contributed by atoms with E-state index in [9.17, 15) is 18.0 Å². The predicted molar refractivity (Wildman–Crippen MR) is 136 cm³/mol. The molecule has 0 saturated carbocycles. The fourth-order valence-electron chi connectivity index (χ4n) is 3.08. The van der Waals surface area contributed by atoms with Gasteiger partial charge in [0.15, 0.2) is 23.7 Å². The molecule has 13 nitrogen and oxygen atoms in total. The quantitative estimate of drug-likeness (QED) is 0.172. The molecule has 0 aliphatic carbocycles. The largest absolute Gasteiger partial charge is 0.495 e. The van der Waals surface area contributed by atoms with Gasteiger partial charge in [0.25, 0.3) is 0 Å². The first-order valence-electron chi connectivity index (χ1n) is 11.4. The van der Waals surface area contributed by atoms with Crippen molar-refractivity contribution < 1.29 is 52.6 Å². The molecule has 2 aromatic carbocycles. The standard InChI is InChI=1S/C20H28N2O5S.C4H6O6/c1-4-26-17-7-5-6-8-18(17)27-12-11-22-15(2)13-16-9-10-19(25-3)20(14-16)28(21,23)24;5-1(3(7)8)2(6)4(9)10/h5-10,14-15,22H,4,11-13H2,1-3H3,(H2,21,23,24);1-2,5-6H,(H,7,8)(H,9,10)/t15-;/m1./s1. The molecule has 0 heterocycles. The Balaban J connectivity index is 0.000000612. The summed E-state index contributed by atoms with van der Waals surface area (Å²) in [5, 5.41) is 41.2. The Morgan fingerprint density at radius 3 is 2.00 bits per heavy atom.